The van der Waals surface area contributed by atoms with Crippen molar-refractivity contribution in [3.05, 3.63) is 39.9 Å². The molecular weight excluding hydrogens is 511 g/mol. The topological polar surface area (TPSA) is 103 Å². The van der Waals surface area contributed by atoms with Crippen LogP contribution >= 0.6 is 24.0 Å². The summed E-state index contributed by atoms with van der Waals surface area (Å²) in [5, 5.41) is 17.2. The fourth-order valence-electron chi connectivity index (χ4n) is 3.36. The van der Waals surface area contributed by atoms with Gasteiger partial charge in [0.25, 0.3) is 5.69 Å². The number of nitrogens with zero attached hydrogens (tertiary/aromatic N) is 4. The minimum Gasteiger partial charge on any atom is -0.356 e. The van der Waals surface area contributed by atoms with Gasteiger partial charge in [-0.15, -0.1) is 24.0 Å². The molecule has 0 bridgehead atoms. The van der Waals surface area contributed by atoms with E-state index in [0.29, 0.717) is 18.5 Å². The van der Waals surface area contributed by atoms with E-state index < -0.39 is 4.92 Å². The number of nitrogens with one attached hydrogen (secondary N) is 2. The molecule has 0 spiro atoms. The van der Waals surface area contributed by atoms with Crippen molar-refractivity contribution in [3.8, 4) is 0 Å². The van der Waals surface area contributed by atoms with Crippen LogP contribution in [-0.2, 0) is 11.3 Å². The summed E-state index contributed by atoms with van der Waals surface area (Å²) in [6.07, 6.45) is 4.85. The van der Waals surface area contributed by atoms with Crippen LogP contribution in [0.25, 0.3) is 0 Å². The molecule has 2 N–H and O–H groups in total. The van der Waals surface area contributed by atoms with E-state index in [9.17, 15) is 14.9 Å². The number of rotatable bonds is 9. The number of amides is 1. The zero-order valence-corrected chi connectivity index (χ0v) is 21.0. The first-order valence-electron chi connectivity index (χ1n) is 10.6. The molecule has 1 aromatic carbocycles. The van der Waals surface area contributed by atoms with Crippen LogP contribution < -0.4 is 10.6 Å². The number of guanidine groups is 1. The van der Waals surface area contributed by atoms with E-state index in [1.165, 1.54) is 36.3 Å². The average Bonchev–Trinajstić information content (AvgIpc) is 2.73. The van der Waals surface area contributed by atoms with Crippen molar-refractivity contribution in [1.29, 1.82) is 0 Å². The first kappa shape index (κ1) is 27.1. The summed E-state index contributed by atoms with van der Waals surface area (Å²) in [6.45, 7) is 5.77. The molecule has 1 heterocycles. The Morgan fingerprint density at radius 1 is 1.26 bits per heavy atom. The number of benzene rings is 1. The first-order valence-corrected chi connectivity index (χ1v) is 10.6. The van der Waals surface area contributed by atoms with E-state index in [0.717, 1.165) is 31.6 Å². The molecule has 1 aliphatic heterocycles. The third kappa shape index (κ3) is 9.81. The molecule has 1 aliphatic rings. The smallest absolute Gasteiger partial charge is 0.269 e. The number of halogens is 1. The van der Waals surface area contributed by atoms with Gasteiger partial charge in [-0.25, -0.2) is 4.99 Å². The highest BCUT2D eigenvalue weighted by Crippen LogP contribution is 2.16. The van der Waals surface area contributed by atoms with Gasteiger partial charge in [0, 0.05) is 45.4 Å². The molecule has 1 saturated heterocycles. The predicted molar refractivity (Wildman–Crippen MR) is 134 cm³/mol. The molecule has 0 saturated carbocycles. The van der Waals surface area contributed by atoms with Crippen molar-refractivity contribution in [1.82, 2.24) is 20.4 Å². The van der Waals surface area contributed by atoms with Crippen LogP contribution in [-0.4, -0.2) is 72.9 Å². The molecule has 1 amide bonds. The van der Waals surface area contributed by atoms with Gasteiger partial charge >= 0.3 is 0 Å². The van der Waals surface area contributed by atoms with Crippen molar-refractivity contribution in [2.75, 3.05) is 40.3 Å². The first-order chi connectivity index (χ1) is 14.4. The second-order valence-corrected chi connectivity index (χ2v) is 7.89. The summed E-state index contributed by atoms with van der Waals surface area (Å²) in [7, 11) is 3.43. The molecule has 1 aromatic rings. The Balaban J connectivity index is 0.00000480. The van der Waals surface area contributed by atoms with Crippen LogP contribution in [0.15, 0.2) is 29.3 Å². The summed E-state index contributed by atoms with van der Waals surface area (Å²) in [6, 6.07) is 6.98. The highest BCUT2D eigenvalue weighted by Gasteiger charge is 2.17. The lowest BCUT2D eigenvalue weighted by Crippen LogP contribution is -2.44. The molecular formula is C21H35IN6O3. The molecule has 2 rings (SSSR count). The molecule has 1 fully saturated rings. The second kappa shape index (κ2) is 14.2. The minimum absolute atomic E-state index is 0. The van der Waals surface area contributed by atoms with Gasteiger partial charge in [0.05, 0.1) is 18.0 Å². The van der Waals surface area contributed by atoms with Gasteiger partial charge in [0.2, 0.25) is 5.91 Å². The van der Waals surface area contributed by atoms with Crippen LogP contribution in [0, 0.1) is 10.1 Å². The van der Waals surface area contributed by atoms with Crippen molar-refractivity contribution in [2.24, 2.45) is 4.99 Å². The van der Waals surface area contributed by atoms with E-state index in [4.69, 9.17) is 0 Å². The predicted octanol–water partition coefficient (Wildman–Crippen LogP) is 2.60. The number of carbonyl (C=O) groups is 1. The Morgan fingerprint density at radius 3 is 2.58 bits per heavy atom. The van der Waals surface area contributed by atoms with Gasteiger partial charge in [0.15, 0.2) is 5.96 Å². The fourth-order valence-corrected chi connectivity index (χ4v) is 3.36. The highest BCUT2D eigenvalue weighted by molar-refractivity contribution is 14.0. The van der Waals surface area contributed by atoms with Crippen LogP contribution in [0.4, 0.5) is 5.69 Å². The summed E-state index contributed by atoms with van der Waals surface area (Å²) in [5.41, 5.74) is 0.922. The van der Waals surface area contributed by atoms with Crippen LogP contribution in [0.3, 0.4) is 0 Å². The van der Waals surface area contributed by atoms with Gasteiger partial charge < -0.3 is 20.4 Å². The van der Waals surface area contributed by atoms with Gasteiger partial charge in [-0.1, -0.05) is 18.6 Å². The fraction of sp³-hybridized carbons (Fsp3) is 0.619. The average molecular weight is 546 g/mol. The summed E-state index contributed by atoms with van der Waals surface area (Å²) in [4.78, 5) is 30.9. The van der Waals surface area contributed by atoms with Gasteiger partial charge in [-0.2, -0.15) is 0 Å². The number of nitro groups is 1. The number of hydrogen-bond donors (Lipinski definition) is 2. The van der Waals surface area contributed by atoms with Crippen LogP contribution in [0.5, 0.6) is 0 Å². The van der Waals surface area contributed by atoms with Crippen LogP contribution in [0.1, 0.15) is 38.2 Å². The van der Waals surface area contributed by atoms with Crippen molar-refractivity contribution in [2.45, 2.75) is 45.2 Å². The molecule has 0 aromatic heterocycles. The number of likely N-dealkylation sites (N-methyl/N-ethyl adjacent to an activating group) is 1. The Hall–Kier alpha value is -1.95. The normalized spacial score (nSPS) is 16.9. The molecule has 1 atom stereocenters. The highest BCUT2D eigenvalue weighted by atomic mass is 127. The number of non-ortho nitro benzene ring substituents is 1. The number of piperidine rings is 1. The number of aliphatic imine (C=N–C) groups is 1. The van der Waals surface area contributed by atoms with E-state index >= 15 is 0 Å². The summed E-state index contributed by atoms with van der Waals surface area (Å²) < 4.78 is 0. The third-order valence-corrected chi connectivity index (χ3v) is 5.33. The maximum atomic E-state index is 11.9. The van der Waals surface area contributed by atoms with Crippen molar-refractivity contribution in [3.63, 3.8) is 0 Å². The third-order valence-electron chi connectivity index (χ3n) is 5.33. The second-order valence-electron chi connectivity index (χ2n) is 7.89. The molecule has 1 unspecified atom stereocenters. The lowest BCUT2D eigenvalue weighted by atomic mass is 10.0. The van der Waals surface area contributed by atoms with Gasteiger partial charge in [0.1, 0.15) is 0 Å². The number of carbonyl (C=O) groups excluding carboxylic acids is 1. The SMILES string of the molecule is CC1CCCCN1CCCNC(=NCc1ccc([N+](=O)[O-])cc1)NCC(=O)N(C)C.I. The molecule has 0 radical (unpaired) electrons. The minimum atomic E-state index is -0.419. The Kier molecular flexibility index (Phi) is 12.4. The maximum absolute atomic E-state index is 11.9. The van der Waals surface area contributed by atoms with E-state index in [1.54, 1.807) is 26.2 Å². The standard InChI is InChI=1S/C21H34N6O3.HI/c1-17-7-4-5-13-26(17)14-6-12-22-21(24-16-20(28)25(2)3)23-15-18-8-10-19(11-9-18)27(29)30;/h8-11,17H,4-7,12-16H2,1-3H3,(H2,22,23,24);1H. The summed E-state index contributed by atoms with van der Waals surface area (Å²) in [5.74, 6) is 0.525. The monoisotopic (exact) mass is 546 g/mol. The van der Waals surface area contributed by atoms with E-state index in [-0.39, 0.29) is 42.1 Å². The number of nitro benzene ring substituents is 1. The van der Waals surface area contributed by atoms with E-state index in [2.05, 4.69) is 27.4 Å². The zero-order valence-electron chi connectivity index (χ0n) is 18.7. The van der Waals surface area contributed by atoms with Crippen molar-refractivity contribution >= 4 is 41.5 Å². The van der Waals surface area contributed by atoms with Gasteiger partial charge in [-0.05, 0) is 38.3 Å². The quantitative estimate of drug-likeness (QED) is 0.123. The van der Waals surface area contributed by atoms with Gasteiger partial charge in [-0.3, -0.25) is 14.9 Å². The lowest BCUT2D eigenvalue weighted by Gasteiger charge is -2.33. The summed E-state index contributed by atoms with van der Waals surface area (Å²) >= 11 is 0. The maximum Gasteiger partial charge on any atom is 0.269 e. The Bertz CT molecular complexity index is 726. The molecule has 9 nitrogen and oxygen atoms in total. The number of hydrogen-bond acceptors (Lipinski definition) is 5. The number of likely N-dealkylation sites (tertiary alicyclic amines) is 1. The Morgan fingerprint density at radius 2 is 1.97 bits per heavy atom. The molecule has 0 aliphatic carbocycles. The molecule has 31 heavy (non-hydrogen) atoms. The van der Waals surface area contributed by atoms with Crippen molar-refractivity contribution < 1.29 is 9.72 Å². The van der Waals surface area contributed by atoms with Crippen LogP contribution in [0.2, 0.25) is 0 Å². The van der Waals surface area contributed by atoms with E-state index in [1.807, 2.05) is 0 Å². The molecule has 10 heteroatoms. The lowest BCUT2D eigenvalue weighted by molar-refractivity contribution is -0.384. The largest absolute Gasteiger partial charge is 0.356 e. The zero-order chi connectivity index (χ0) is 21.9. The molecule has 174 valence electrons. The Labute approximate surface area is 201 Å².